The van der Waals surface area contributed by atoms with Gasteiger partial charge < -0.3 is 9.55 Å². The van der Waals surface area contributed by atoms with E-state index in [-0.39, 0.29) is 11.7 Å². The molecule has 5 aromatic rings. The molecule has 1 unspecified atom stereocenters. The van der Waals surface area contributed by atoms with Crippen molar-refractivity contribution in [2.45, 2.75) is 12.5 Å². The molecule has 2 heterocycles. The van der Waals surface area contributed by atoms with Crippen LogP contribution in [0.1, 0.15) is 22.6 Å². The van der Waals surface area contributed by atoms with Crippen molar-refractivity contribution >= 4 is 31.8 Å². The first-order valence-electron chi connectivity index (χ1n) is 10.6. The molecule has 2 N–H and O–H groups in total. The molecular weight excluding hydrogens is 418 g/mol. The zero-order chi connectivity index (χ0) is 22.1. The van der Waals surface area contributed by atoms with Crippen molar-refractivity contribution in [2.24, 2.45) is 0 Å². The first-order chi connectivity index (χ1) is 15.5. The monoisotopic (exact) mass is 443 g/mol. The Labute approximate surface area is 187 Å². The summed E-state index contributed by atoms with van der Waals surface area (Å²) in [4.78, 5) is 3.20. The molecule has 0 amide bonds. The zero-order valence-corrected chi connectivity index (χ0v) is 18.6. The molecule has 6 heteroatoms. The van der Waals surface area contributed by atoms with Gasteiger partial charge in [-0.05, 0) is 70.9 Å². The first kappa shape index (κ1) is 20.5. The third-order valence-electron chi connectivity index (χ3n) is 6.07. The lowest BCUT2D eigenvalue weighted by atomic mass is 9.91. The molecule has 0 saturated heterocycles. The third kappa shape index (κ3) is 4.07. The molecule has 162 valence electrons. The number of aromatic nitrogens is 2. The predicted octanol–water partition coefficient (Wildman–Crippen LogP) is 4.85. The summed E-state index contributed by atoms with van der Waals surface area (Å²) in [5.74, 6) is -0.274. The van der Waals surface area contributed by atoms with Crippen LogP contribution in [0.4, 0.5) is 0 Å². The molecule has 5 nitrogen and oxygen atoms in total. The molecule has 0 spiro atoms. The van der Waals surface area contributed by atoms with Crippen LogP contribution in [0.15, 0.2) is 91.3 Å². The first-order valence-corrected chi connectivity index (χ1v) is 12.3. The molecule has 0 aliphatic heterocycles. The number of nitrogens with zero attached hydrogens (tertiary/aromatic N) is 1. The molecule has 32 heavy (non-hydrogen) atoms. The predicted molar refractivity (Wildman–Crippen MR) is 130 cm³/mol. The third-order valence-corrected chi connectivity index (χ3v) is 7.46. The highest BCUT2D eigenvalue weighted by molar-refractivity contribution is 7.89. The van der Waals surface area contributed by atoms with Crippen LogP contribution in [0.25, 0.3) is 21.8 Å². The maximum atomic E-state index is 12.5. The van der Waals surface area contributed by atoms with E-state index in [1.54, 1.807) is 0 Å². The zero-order valence-electron chi connectivity index (χ0n) is 17.8. The van der Waals surface area contributed by atoms with Crippen LogP contribution in [-0.4, -0.2) is 30.8 Å². The van der Waals surface area contributed by atoms with E-state index in [0.717, 1.165) is 39.5 Å². The van der Waals surface area contributed by atoms with Gasteiger partial charge in [0, 0.05) is 35.9 Å². The van der Waals surface area contributed by atoms with Crippen LogP contribution < -0.4 is 4.72 Å². The summed E-state index contributed by atoms with van der Waals surface area (Å²) in [6, 6.07) is 26.8. The van der Waals surface area contributed by atoms with Gasteiger partial charge in [0.1, 0.15) is 0 Å². The lowest BCUT2D eigenvalue weighted by molar-refractivity contribution is 0.584. The van der Waals surface area contributed by atoms with E-state index >= 15 is 0 Å². The van der Waals surface area contributed by atoms with Gasteiger partial charge in [-0.1, -0.05) is 42.5 Å². The summed E-state index contributed by atoms with van der Waals surface area (Å²) in [6.45, 7) is 0.797. The molecule has 2 aromatic heterocycles. The van der Waals surface area contributed by atoms with Crippen LogP contribution in [0.2, 0.25) is 0 Å². The molecule has 0 aliphatic rings. The van der Waals surface area contributed by atoms with Crippen LogP contribution in [-0.2, 0) is 16.6 Å². The van der Waals surface area contributed by atoms with Gasteiger partial charge >= 0.3 is 0 Å². The minimum atomic E-state index is -3.41. The Hall–Kier alpha value is -3.35. The summed E-state index contributed by atoms with van der Waals surface area (Å²) in [5.41, 5.74) is 5.39. The fourth-order valence-corrected chi connectivity index (χ4v) is 5.32. The Morgan fingerprint density at radius 3 is 2.44 bits per heavy atom. The average Bonchev–Trinajstić information content (AvgIpc) is 3.44. The Kier molecular flexibility index (Phi) is 5.33. The molecule has 0 bridgehead atoms. The molecular formula is C26H25N3O2S. The van der Waals surface area contributed by atoms with E-state index in [4.69, 9.17) is 0 Å². The highest BCUT2D eigenvalue weighted by Crippen LogP contribution is 2.31. The van der Waals surface area contributed by atoms with E-state index in [1.165, 1.54) is 12.6 Å². The van der Waals surface area contributed by atoms with E-state index in [2.05, 4.69) is 62.9 Å². The standard InChI is InChI=1S/C26H25N3O2S/c1-27-32(30,31)18-24(20-7-9-25-22(15-20)11-13-28-25)21-8-10-26-23(16-21)12-14-29(26)17-19-5-3-2-4-6-19/h2-16,24,27-28H,17-18H2,1H3. The molecule has 3 aromatic carbocycles. The quantitative estimate of drug-likeness (QED) is 0.378. The number of H-pyrrole nitrogens is 1. The Bertz CT molecular complexity index is 1480. The molecule has 0 fully saturated rings. The summed E-state index contributed by atoms with van der Waals surface area (Å²) >= 11 is 0. The van der Waals surface area contributed by atoms with Crippen LogP contribution in [0, 0.1) is 0 Å². The van der Waals surface area contributed by atoms with E-state index in [0.29, 0.717) is 0 Å². The van der Waals surface area contributed by atoms with Gasteiger partial charge in [0.25, 0.3) is 0 Å². The number of hydrogen-bond donors (Lipinski definition) is 2. The molecule has 1 atom stereocenters. The van der Waals surface area contributed by atoms with Gasteiger partial charge in [-0.25, -0.2) is 13.1 Å². The average molecular weight is 444 g/mol. The van der Waals surface area contributed by atoms with Crippen LogP contribution in [0.3, 0.4) is 0 Å². The van der Waals surface area contributed by atoms with Crippen molar-refractivity contribution < 1.29 is 8.42 Å². The summed E-state index contributed by atoms with van der Waals surface area (Å²) < 4.78 is 29.7. The van der Waals surface area contributed by atoms with Crippen molar-refractivity contribution in [1.82, 2.24) is 14.3 Å². The van der Waals surface area contributed by atoms with E-state index in [1.807, 2.05) is 42.6 Å². The lowest BCUT2D eigenvalue weighted by Crippen LogP contribution is -2.26. The number of rotatable bonds is 7. The van der Waals surface area contributed by atoms with E-state index in [9.17, 15) is 8.42 Å². The summed E-state index contributed by atoms with van der Waals surface area (Å²) in [7, 11) is -1.94. The second kappa shape index (κ2) is 8.30. The normalized spacial score (nSPS) is 13.0. The Morgan fingerprint density at radius 2 is 1.66 bits per heavy atom. The Morgan fingerprint density at radius 1 is 0.906 bits per heavy atom. The number of nitrogens with one attached hydrogen (secondary N) is 2. The number of benzene rings is 3. The van der Waals surface area contributed by atoms with Gasteiger partial charge in [0.2, 0.25) is 10.0 Å². The molecule has 0 saturated carbocycles. The molecule has 0 radical (unpaired) electrons. The minimum Gasteiger partial charge on any atom is -0.361 e. The minimum absolute atomic E-state index is 0.00431. The van der Waals surface area contributed by atoms with Crippen molar-refractivity contribution in [2.75, 3.05) is 12.8 Å². The van der Waals surface area contributed by atoms with Crippen molar-refractivity contribution in [3.05, 3.63) is 108 Å². The summed E-state index contributed by atoms with van der Waals surface area (Å²) in [6.07, 6.45) is 3.99. The smallest absolute Gasteiger partial charge is 0.212 e. The second-order valence-electron chi connectivity index (χ2n) is 8.11. The van der Waals surface area contributed by atoms with Crippen LogP contribution >= 0.6 is 0 Å². The van der Waals surface area contributed by atoms with Crippen LogP contribution in [0.5, 0.6) is 0 Å². The fourth-order valence-electron chi connectivity index (χ4n) is 4.33. The highest BCUT2D eigenvalue weighted by atomic mass is 32.2. The number of sulfonamides is 1. The molecule has 5 rings (SSSR count). The number of hydrogen-bond acceptors (Lipinski definition) is 2. The maximum absolute atomic E-state index is 12.5. The second-order valence-corrected chi connectivity index (χ2v) is 10.1. The maximum Gasteiger partial charge on any atom is 0.212 e. The number of aromatic amines is 1. The highest BCUT2D eigenvalue weighted by Gasteiger charge is 2.22. The van der Waals surface area contributed by atoms with Gasteiger partial charge in [-0.2, -0.15) is 0 Å². The van der Waals surface area contributed by atoms with Gasteiger partial charge in [-0.3, -0.25) is 0 Å². The summed E-state index contributed by atoms with van der Waals surface area (Å²) in [5, 5.41) is 2.18. The fraction of sp³-hybridized carbons (Fsp3) is 0.154. The van der Waals surface area contributed by atoms with Gasteiger partial charge in [0.05, 0.1) is 5.75 Å². The van der Waals surface area contributed by atoms with Crippen molar-refractivity contribution in [1.29, 1.82) is 0 Å². The van der Waals surface area contributed by atoms with Crippen molar-refractivity contribution in [3.63, 3.8) is 0 Å². The van der Waals surface area contributed by atoms with Gasteiger partial charge in [-0.15, -0.1) is 0 Å². The van der Waals surface area contributed by atoms with Crippen molar-refractivity contribution in [3.8, 4) is 0 Å². The Balaban J connectivity index is 1.55. The van der Waals surface area contributed by atoms with Gasteiger partial charge in [0.15, 0.2) is 0 Å². The lowest BCUT2D eigenvalue weighted by Gasteiger charge is -2.19. The van der Waals surface area contributed by atoms with E-state index < -0.39 is 10.0 Å². The number of fused-ring (bicyclic) bond motifs is 2. The SMILES string of the molecule is CNS(=O)(=O)CC(c1ccc2[nH]ccc2c1)c1ccc2c(ccn2Cc2ccccc2)c1. The largest absolute Gasteiger partial charge is 0.361 e. The topological polar surface area (TPSA) is 66.9 Å². The molecule has 0 aliphatic carbocycles.